The van der Waals surface area contributed by atoms with Crippen molar-refractivity contribution in [1.29, 1.82) is 0 Å². The lowest BCUT2D eigenvalue weighted by Gasteiger charge is -2.05. The van der Waals surface area contributed by atoms with Crippen molar-refractivity contribution in [2.45, 2.75) is 19.8 Å². The topological polar surface area (TPSA) is 82.6 Å². The summed E-state index contributed by atoms with van der Waals surface area (Å²) in [6, 6.07) is 7.79. The van der Waals surface area contributed by atoms with Gasteiger partial charge < -0.3 is 5.43 Å². The molecule has 1 unspecified atom stereocenters. The average Bonchev–Trinajstić information content (AvgIpc) is 2.78. The molecule has 21 heavy (non-hydrogen) atoms. The number of nitrogens with one attached hydrogen (secondary N) is 3. The quantitative estimate of drug-likeness (QED) is 0.557. The smallest absolute Gasteiger partial charge is 0.247 e. The third-order valence-electron chi connectivity index (χ3n) is 3.22. The number of carbonyl (C=O) groups excluding carboxylic acids is 2. The second kappa shape index (κ2) is 6.69. The van der Waals surface area contributed by atoms with Crippen molar-refractivity contribution in [1.82, 2.24) is 16.3 Å². The zero-order valence-corrected chi connectivity index (χ0v) is 11.8. The number of hydrazone groups is 1. The third-order valence-corrected chi connectivity index (χ3v) is 3.22. The lowest BCUT2D eigenvalue weighted by atomic mass is 10.0. The van der Waals surface area contributed by atoms with Gasteiger partial charge in [-0.2, -0.15) is 5.10 Å². The molecule has 1 aromatic carbocycles. The minimum atomic E-state index is -0.364. The second-order valence-electron chi connectivity index (χ2n) is 4.93. The van der Waals surface area contributed by atoms with Crippen LogP contribution in [0, 0.1) is 12.8 Å². The molecule has 2 rings (SSSR count). The molecular formula is C15H18N4O2. The van der Waals surface area contributed by atoms with Gasteiger partial charge in [-0.3, -0.25) is 15.0 Å². The molecule has 0 saturated carbocycles. The van der Waals surface area contributed by atoms with Gasteiger partial charge in [0.15, 0.2) is 0 Å². The number of aryl methyl sites for hydroxylation is 1. The highest BCUT2D eigenvalue weighted by atomic mass is 16.2. The molecule has 1 aromatic rings. The monoisotopic (exact) mass is 286 g/mol. The molecule has 0 bridgehead atoms. The maximum atomic E-state index is 11.7. The van der Waals surface area contributed by atoms with Crippen LogP contribution < -0.4 is 16.3 Å². The summed E-state index contributed by atoms with van der Waals surface area (Å²) >= 11 is 0. The normalized spacial score (nSPS) is 17.7. The molecule has 0 radical (unpaired) electrons. The Hall–Kier alpha value is -2.63. The number of hydrazine groups is 1. The first-order valence-corrected chi connectivity index (χ1v) is 6.69. The van der Waals surface area contributed by atoms with E-state index in [2.05, 4.69) is 28.0 Å². The molecule has 1 heterocycles. The van der Waals surface area contributed by atoms with Crippen molar-refractivity contribution >= 4 is 18.0 Å². The van der Waals surface area contributed by atoms with Crippen LogP contribution in [0.5, 0.6) is 0 Å². The van der Waals surface area contributed by atoms with Gasteiger partial charge in [0.25, 0.3) is 0 Å². The van der Waals surface area contributed by atoms with Gasteiger partial charge in [0.2, 0.25) is 11.8 Å². The largest absolute Gasteiger partial charge is 0.303 e. The molecule has 110 valence electrons. The van der Waals surface area contributed by atoms with E-state index in [0.717, 1.165) is 5.56 Å². The van der Waals surface area contributed by atoms with Gasteiger partial charge in [-0.15, -0.1) is 0 Å². The van der Waals surface area contributed by atoms with Crippen LogP contribution in [0.15, 0.2) is 41.6 Å². The standard InChI is InChI=1S/C15H18N4O2/c1-10-3-5-12(6-4-10)9-16-18-14(20)8-7-13-11(2)17-19-15(13)21/h3-6,9,13,17H,2,7-8H2,1H3,(H,18,20)(H,19,21). The molecular weight excluding hydrogens is 268 g/mol. The summed E-state index contributed by atoms with van der Waals surface area (Å²) in [5.74, 6) is -0.751. The van der Waals surface area contributed by atoms with Gasteiger partial charge in [0, 0.05) is 12.1 Å². The summed E-state index contributed by atoms with van der Waals surface area (Å²) < 4.78 is 0. The molecule has 6 nitrogen and oxygen atoms in total. The van der Waals surface area contributed by atoms with Crippen LogP contribution in [0.25, 0.3) is 0 Å². The lowest BCUT2D eigenvalue weighted by Crippen LogP contribution is -2.26. The Labute approximate surface area is 123 Å². The Kier molecular flexibility index (Phi) is 4.71. The number of hydrogen-bond acceptors (Lipinski definition) is 4. The number of rotatable bonds is 5. The fourth-order valence-corrected chi connectivity index (χ4v) is 1.94. The van der Waals surface area contributed by atoms with Crippen molar-refractivity contribution in [3.05, 3.63) is 47.7 Å². The maximum absolute atomic E-state index is 11.7. The molecule has 0 aromatic heterocycles. The third kappa shape index (κ3) is 4.17. The van der Waals surface area contributed by atoms with Crippen molar-refractivity contribution in [3.63, 3.8) is 0 Å². The van der Waals surface area contributed by atoms with Crippen LogP contribution in [0.1, 0.15) is 24.0 Å². The minimum Gasteiger partial charge on any atom is -0.303 e. The first-order chi connectivity index (χ1) is 10.1. The molecule has 2 amide bonds. The fraction of sp³-hybridized carbons (Fsp3) is 0.267. The van der Waals surface area contributed by atoms with Gasteiger partial charge in [0.05, 0.1) is 12.1 Å². The van der Waals surface area contributed by atoms with E-state index >= 15 is 0 Å². The van der Waals surface area contributed by atoms with Crippen LogP contribution in [-0.4, -0.2) is 18.0 Å². The zero-order chi connectivity index (χ0) is 15.2. The summed E-state index contributed by atoms with van der Waals surface area (Å²) in [6.07, 6.45) is 2.20. The summed E-state index contributed by atoms with van der Waals surface area (Å²) in [6.45, 7) is 5.72. The van der Waals surface area contributed by atoms with Gasteiger partial charge in [-0.1, -0.05) is 36.4 Å². The van der Waals surface area contributed by atoms with Crippen LogP contribution >= 0.6 is 0 Å². The minimum absolute atomic E-state index is 0.157. The van der Waals surface area contributed by atoms with Crippen molar-refractivity contribution < 1.29 is 9.59 Å². The Bertz CT molecular complexity index is 562. The summed E-state index contributed by atoms with van der Waals surface area (Å²) in [7, 11) is 0. The first kappa shape index (κ1) is 14.8. The molecule has 0 spiro atoms. The van der Waals surface area contributed by atoms with Crippen molar-refractivity contribution in [2.24, 2.45) is 11.0 Å². The van der Waals surface area contributed by atoms with Crippen LogP contribution in [-0.2, 0) is 9.59 Å². The number of nitrogens with zero attached hydrogens (tertiary/aromatic N) is 1. The number of amides is 2. The Morgan fingerprint density at radius 1 is 1.38 bits per heavy atom. The summed E-state index contributed by atoms with van der Waals surface area (Å²) in [4.78, 5) is 23.1. The van der Waals surface area contributed by atoms with E-state index in [1.807, 2.05) is 31.2 Å². The predicted molar refractivity (Wildman–Crippen MR) is 80.1 cm³/mol. The molecule has 1 fully saturated rings. The average molecular weight is 286 g/mol. The van der Waals surface area contributed by atoms with E-state index < -0.39 is 0 Å². The van der Waals surface area contributed by atoms with Gasteiger partial charge in [-0.05, 0) is 18.9 Å². The molecule has 1 aliphatic rings. The van der Waals surface area contributed by atoms with Crippen molar-refractivity contribution in [3.8, 4) is 0 Å². The van der Waals surface area contributed by atoms with Gasteiger partial charge in [0.1, 0.15) is 0 Å². The number of carbonyl (C=O) groups is 2. The lowest BCUT2D eigenvalue weighted by molar-refractivity contribution is -0.123. The van der Waals surface area contributed by atoms with E-state index in [9.17, 15) is 9.59 Å². The Balaban J connectivity index is 1.76. The molecule has 1 atom stereocenters. The summed E-state index contributed by atoms with van der Waals surface area (Å²) in [5.41, 5.74) is 10.2. The number of benzene rings is 1. The highest BCUT2D eigenvalue weighted by molar-refractivity contribution is 5.85. The molecule has 0 aliphatic carbocycles. The van der Waals surface area contributed by atoms with E-state index in [4.69, 9.17) is 0 Å². The fourth-order valence-electron chi connectivity index (χ4n) is 1.94. The van der Waals surface area contributed by atoms with E-state index in [-0.39, 0.29) is 24.2 Å². The van der Waals surface area contributed by atoms with Crippen LogP contribution in [0.4, 0.5) is 0 Å². The van der Waals surface area contributed by atoms with E-state index in [1.54, 1.807) is 6.21 Å². The highest BCUT2D eigenvalue weighted by Crippen LogP contribution is 2.17. The van der Waals surface area contributed by atoms with E-state index in [0.29, 0.717) is 12.1 Å². The van der Waals surface area contributed by atoms with E-state index in [1.165, 1.54) is 5.56 Å². The molecule has 6 heteroatoms. The van der Waals surface area contributed by atoms with Crippen LogP contribution in [0.2, 0.25) is 0 Å². The van der Waals surface area contributed by atoms with Crippen LogP contribution in [0.3, 0.4) is 0 Å². The molecule has 3 N–H and O–H groups in total. The molecule has 1 saturated heterocycles. The second-order valence-corrected chi connectivity index (χ2v) is 4.93. The van der Waals surface area contributed by atoms with Gasteiger partial charge in [-0.25, -0.2) is 5.43 Å². The SMILES string of the molecule is C=C1NNC(=O)C1CCC(=O)NN=Cc1ccc(C)cc1. The highest BCUT2D eigenvalue weighted by Gasteiger charge is 2.27. The zero-order valence-electron chi connectivity index (χ0n) is 11.8. The summed E-state index contributed by atoms with van der Waals surface area (Å²) in [5, 5.41) is 3.89. The molecule has 1 aliphatic heterocycles. The maximum Gasteiger partial charge on any atom is 0.247 e. The first-order valence-electron chi connectivity index (χ1n) is 6.69. The predicted octanol–water partition coefficient (Wildman–Crippen LogP) is 0.990. The van der Waals surface area contributed by atoms with Gasteiger partial charge >= 0.3 is 0 Å². The Morgan fingerprint density at radius 2 is 2.10 bits per heavy atom. The Morgan fingerprint density at radius 3 is 2.71 bits per heavy atom. The van der Waals surface area contributed by atoms with Crippen molar-refractivity contribution in [2.75, 3.05) is 0 Å². The number of hydrogen-bond donors (Lipinski definition) is 3.